The van der Waals surface area contributed by atoms with Gasteiger partial charge in [-0.1, -0.05) is 31.9 Å². The van der Waals surface area contributed by atoms with E-state index in [0.29, 0.717) is 6.54 Å². The molecule has 0 radical (unpaired) electrons. The first-order chi connectivity index (χ1) is 10.5. The van der Waals surface area contributed by atoms with Crippen LogP contribution in [-0.2, 0) is 6.54 Å². The summed E-state index contributed by atoms with van der Waals surface area (Å²) in [5.41, 5.74) is 2.31. The van der Waals surface area contributed by atoms with Crippen molar-refractivity contribution < 1.29 is 10.0 Å². The van der Waals surface area contributed by atoms with Crippen molar-refractivity contribution in [3.63, 3.8) is 0 Å². The van der Waals surface area contributed by atoms with Gasteiger partial charge in [-0.3, -0.25) is 0 Å². The number of hydrogen-bond donors (Lipinski definition) is 2. The lowest BCUT2D eigenvalue weighted by molar-refractivity contribution is -0.861. The Morgan fingerprint density at radius 3 is 1.95 bits per heavy atom. The third-order valence-corrected chi connectivity index (χ3v) is 4.81. The number of benzene rings is 2. The Bertz CT molecular complexity index is 767. The van der Waals surface area contributed by atoms with E-state index in [9.17, 15) is 5.11 Å². The minimum absolute atomic E-state index is 0.365. The predicted molar refractivity (Wildman–Crippen MR) is 98.5 cm³/mol. The number of hydrogen-bond acceptors (Lipinski definition) is 1. The molecule has 5 heteroatoms. The average molecular weight is 427 g/mol. The zero-order valence-corrected chi connectivity index (χ0v) is 15.8. The van der Waals surface area contributed by atoms with Gasteiger partial charge in [0.25, 0.3) is 0 Å². The fourth-order valence-electron chi connectivity index (χ4n) is 2.99. The van der Waals surface area contributed by atoms with Crippen molar-refractivity contribution in [3.8, 4) is 0 Å². The first kappa shape index (κ1) is 16.0. The van der Waals surface area contributed by atoms with Gasteiger partial charge >= 0.3 is 0 Å². The van der Waals surface area contributed by atoms with Crippen LogP contribution in [0, 0.1) is 0 Å². The van der Waals surface area contributed by atoms with E-state index in [1.165, 1.54) is 15.7 Å². The van der Waals surface area contributed by atoms with Crippen molar-refractivity contribution in [2.75, 3.05) is 20.6 Å². The number of nitrogens with zero attached hydrogens (tertiary/aromatic N) is 1. The monoisotopic (exact) mass is 425 g/mol. The van der Waals surface area contributed by atoms with Gasteiger partial charge in [0.05, 0.1) is 20.6 Å². The van der Waals surface area contributed by atoms with E-state index < -0.39 is 0 Å². The number of aromatic nitrogens is 1. The molecule has 3 rings (SSSR count). The quantitative estimate of drug-likeness (QED) is 0.660. The number of rotatable bonds is 4. The van der Waals surface area contributed by atoms with Crippen molar-refractivity contribution >= 4 is 53.7 Å². The van der Waals surface area contributed by atoms with Crippen molar-refractivity contribution in [1.82, 2.24) is 4.57 Å². The van der Waals surface area contributed by atoms with Gasteiger partial charge in [-0.15, -0.1) is 0 Å². The number of nitrogens with one attached hydrogen (secondary N) is 1. The van der Waals surface area contributed by atoms with E-state index in [1.54, 1.807) is 0 Å². The van der Waals surface area contributed by atoms with Crippen molar-refractivity contribution in [2.45, 2.75) is 12.6 Å². The van der Waals surface area contributed by atoms with Crippen LogP contribution < -0.4 is 4.90 Å². The van der Waals surface area contributed by atoms with Crippen LogP contribution in [0.3, 0.4) is 0 Å². The molecule has 0 amide bonds. The highest BCUT2D eigenvalue weighted by Gasteiger charge is 2.16. The van der Waals surface area contributed by atoms with Crippen molar-refractivity contribution in [2.24, 2.45) is 0 Å². The topological polar surface area (TPSA) is 29.6 Å². The molecule has 1 heterocycles. The van der Waals surface area contributed by atoms with Gasteiger partial charge in [-0.2, -0.15) is 0 Å². The summed E-state index contributed by atoms with van der Waals surface area (Å²) in [5.74, 6) is 0. The maximum absolute atomic E-state index is 10.4. The first-order valence-corrected chi connectivity index (χ1v) is 8.88. The number of likely N-dealkylation sites (N-methyl/N-ethyl adjacent to an activating group) is 1. The van der Waals surface area contributed by atoms with Crippen LogP contribution in [0.2, 0.25) is 0 Å². The molecule has 0 aliphatic rings. The normalized spacial score (nSPS) is 13.4. The standard InChI is InChI=1S/C17H18Br2N2O/c1-20(2)9-13(22)10-21-16-5-3-11(18)7-14(16)15-8-12(19)4-6-17(15)21/h3-8,13,22H,9-10H2,1-2H3/p+1/t13-/m0/s1. The van der Waals surface area contributed by atoms with Crippen molar-refractivity contribution in [3.05, 3.63) is 45.3 Å². The van der Waals surface area contributed by atoms with E-state index in [2.05, 4.69) is 86.9 Å². The summed E-state index contributed by atoms with van der Waals surface area (Å²) in [6.45, 7) is 1.34. The molecule has 0 bridgehead atoms. The summed E-state index contributed by atoms with van der Waals surface area (Å²) in [6, 6.07) is 12.6. The van der Waals surface area contributed by atoms with E-state index in [-0.39, 0.29) is 6.10 Å². The van der Waals surface area contributed by atoms with E-state index >= 15 is 0 Å². The molecule has 3 aromatic rings. The second-order valence-electron chi connectivity index (χ2n) is 6.00. The highest BCUT2D eigenvalue weighted by molar-refractivity contribution is 9.10. The number of aliphatic hydroxyl groups is 1. The van der Waals surface area contributed by atoms with Gasteiger partial charge in [0.1, 0.15) is 12.6 Å². The van der Waals surface area contributed by atoms with Crippen LogP contribution in [0.4, 0.5) is 0 Å². The predicted octanol–water partition coefficient (Wildman–Crippen LogP) is 2.82. The lowest BCUT2D eigenvalue weighted by atomic mass is 10.2. The Balaban J connectivity index is 2.18. The summed E-state index contributed by atoms with van der Waals surface area (Å²) in [5, 5.41) is 12.8. The van der Waals surface area contributed by atoms with Crippen LogP contribution in [-0.4, -0.2) is 36.4 Å². The molecule has 22 heavy (non-hydrogen) atoms. The molecular formula is C17H19Br2N2O+. The van der Waals surface area contributed by atoms with Gasteiger partial charge in [-0.25, -0.2) is 0 Å². The highest BCUT2D eigenvalue weighted by Crippen LogP contribution is 2.33. The summed E-state index contributed by atoms with van der Waals surface area (Å²) < 4.78 is 4.35. The second-order valence-corrected chi connectivity index (χ2v) is 7.83. The van der Waals surface area contributed by atoms with Crippen LogP contribution in [0.1, 0.15) is 0 Å². The smallest absolute Gasteiger partial charge is 0.121 e. The largest absolute Gasteiger partial charge is 0.385 e. The van der Waals surface area contributed by atoms with Crippen LogP contribution >= 0.6 is 31.9 Å². The third kappa shape index (κ3) is 3.08. The first-order valence-electron chi connectivity index (χ1n) is 7.30. The van der Waals surface area contributed by atoms with Gasteiger partial charge in [0.2, 0.25) is 0 Å². The summed E-state index contributed by atoms with van der Waals surface area (Å²) in [4.78, 5) is 1.25. The lowest BCUT2D eigenvalue weighted by Crippen LogP contribution is -3.07. The Morgan fingerprint density at radius 2 is 1.50 bits per heavy atom. The minimum Gasteiger partial charge on any atom is -0.385 e. The van der Waals surface area contributed by atoms with Gasteiger partial charge in [-0.05, 0) is 36.4 Å². The summed E-state index contributed by atoms with van der Waals surface area (Å²) in [7, 11) is 4.12. The Kier molecular flexibility index (Phi) is 4.59. The Hall–Kier alpha value is -0.880. The second kappa shape index (κ2) is 6.32. The maximum Gasteiger partial charge on any atom is 0.121 e. The molecular weight excluding hydrogens is 408 g/mol. The van der Waals surface area contributed by atoms with Gasteiger partial charge < -0.3 is 14.6 Å². The molecule has 2 N–H and O–H groups in total. The van der Waals surface area contributed by atoms with Crippen LogP contribution in [0.15, 0.2) is 45.3 Å². The zero-order chi connectivity index (χ0) is 15.9. The van der Waals surface area contributed by atoms with E-state index in [1.807, 2.05) is 0 Å². The zero-order valence-electron chi connectivity index (χ0n) is 12.6. The Morgan fingerprint density at radius 1 is 1.00 bits per heavy atom. The lowest BCUT2D eigenvalue weighted by Gasteiger charge is -2.16. The SMILES string of the molecule is C[NH+](C)C[C@H](O)Cn1c2ccc(Br)cc2c2cc(Br)ccc21. The fourth-order valence-corrected chi connectivity index (χ4v) is 3.71. The molecule has 0 saturated carbocycles. The molecule has 3 nitrogen and oxygen atoms in total. The molecule has 1 aromatic heterocycles. The summed E-state index contributed by atoms with van der Waals surface area (Å²) >= 11 is 7.11. The maximum atomic E-state index is 10.4. The fraction of sp³-hybridized carbons (Fsp3) is 0.294. The molecule has 0 unspecified atom stereocenters. The molecule has 0 aliphatic heterocycles. The van der Waals surface area contributed by atoms with Crippen LogP contribution in [0.5, 0.6) is 0 Å². The number of fused-ring (bicyclic) bond motifs is 3. The summed E-state index contributed by atoms with van der Waals surface area (Å²) in [6.07, 6.45) is -0.365. The molecule has 1 atom stereocenters. The Labute approximate surface area is 146 Å². The van der Waals surface area contributed by atoms with Crippen LogP contribution in [0.25, 0.3) is 21.8 Å². The number of quaternary nitrogens is 1. The number of halogens is 2. The number of aliphatic hydroxyl groups excluding tert-OH is 1. The van der Waals surface area contributed by atoms with Gasteiger partial charge in [0.15, 0.2) is 0 Å². The third-order valence-electron chi connectivity index (χ3n) is 3.83. The molecule has 0 saturated heterocycles. The molecule has 2 aromatic carbocycles. The van der Waals surface area contributed by atoms with Gasteiger partial charge in [0, 0.05) is 30.8 Å². The highest BCUT2D eigenvalue weighted by atomic mass is 79.9. The van der Waals surface area contributed by atoms with E-state index in [0.717, 1.165) is 26.5 Å². The van der Waals surface area contributed by atoms with Crippen molar-refractivity contribution in [1.29, 1.82) is 0 Å². The molecule has 116 valence electrons. The molecule has 0 aliphatic carbocycles. The molecule has 0 spiro atoms. The molecule has 0 fully saturated rings. The average Bonchev–Trinajstić information content (AvgIpc) is 2.71. The van der Waals surface area contributed by atoms with E-state index in [4.69, 9.17) is 0 Å². The minimum atomic E-state index is -0.365.